The molecule has 0 saturated carbocycles. The molecule has 0 aromatic heterocycles. The van der Waals surface area contributed by atoms with Crippen LogP contribution in [0, 0.1) is 19.8 Å². The Kier molecular flexibility index (Phi) is 19.5. The molecule has 22 heavy (non-hydrogen) atoms. The van der Waals surface area contributed by atoms with Crippen LogP contribution in [0.15, 0.2) is 29.6 Å². The molecule has 0 bridgehead atoms. The molecule has 0 saturated heterocycles. The molecule has 122 valence electrons. The smallest absolute Gasteiger partial charge is 0.649 e. The molecule has 0 aromatic rings. The van der Waals surface area contributed by atoms with Crippen molar-refractivity contribution in [3.8, 4) is 0 Å². The van der Waals surface area contributed by atoms with Gasteiger partial charge in [-0.1, -0.05) is 19.0 Å². The molecule has 4 nitrogen and oxygen atoms in total. The van der Waals surface area contributed by atoms with E-state index in [4.69, 9.17) is 4.74 Å². The maximum Gasteiger partial charge on any atom is 1.00 e. The van der Waals surface area contributed by atoms with Crippen molar-refractivity contribution in [2.24, 2.45) is 10.9 Å². The first-order valence-corrected chi connectivity index (χ1v) is 6.80. The van der Waals surface area contributed by atoms with Crippen molar-refractivity contribution in [2.75, 3.05) is 7.11 Å². The number of allylic oxidation sites excluding steroid dienone is 2. The normalized spacial score (nSPS) is 11.8. The third-order valence-corrected chi connectivity index (χ3v) is 2.38. The molecule has 0 N–H and O–H groups in total. The number of nitrogens with zero attached hydrogens (tertiary/aromatic N) is 1. The van der Waals surface area contributed by atoms with E-state index in [0.29, 0.717) is 0 Å². The molecular weight excluding hydrogens is 305 g/mol. The van der Waals surface area contributed by atoms with Gasteiger partial charge < -0.3 is 28.1 Å². The summed E-state index contributed by atoms with van der Waals surface area (Å²) >= 11 is 0. The van der Waals surface area contributed by atoms with Crippen LogP contribution < -0.4 is 51.4 Å². The molecule has 0 rings (SSSR count). The zero-order chi connectivity index (χ0) is 16.9. The van der Waals surface area contributed by atoms with Gasteiger partial charge in [-0.3, -0.25) is 4.99 Å². The SMILES string of the molecule is C=CN=C(/C=C(\C)OC)C(C[CH2-])C[CH2-].CC(C)(C)O[C-]=O.[K+]. The van der Waals surface area contributed by atoms with Crippen LogP contribution in [-0.2, 0) is 14.3 Å². The Morgan fingerprint density at radius 2 is 1.86 bits per heavy atom. The summed E-state index contributed by atoms with van der Waals surface area (Å²) in [5, 5.41) is 0. The zero-order valence-electron chi connectivity index (χ0n) is 14.9. The second-order valence-corrected chi connectivity index (χ2v) is 5.27. The molecule has 0 atom stereocenters. The minimum atomic E-state index is -0.373. The molecule has 0 fully saturated rings. The minimum Gasteiger partial charge on any atom is -0.649 e. The monoisotopic (exact) mass is 333 g/mol. The van der Waals surface area contributed by atoms with Gasteiger partial charge in [-0.25, -0.2) is 0 Å². The van der Waals surface area contributed by atoms with Crippen LogP contribution in [0.3, 0.4) is 0 Å². The van der Waals surface area contributed by atoms with Crippen molar-refractivity contribution >= 4 is 12.2 Å². The van der Waals surface area contributed by atoms with Crippen LogP contribution in [0.5, 0.6) is 0 Å². The van der Waals surface area contributed by atoms with Crippen LogP contribution in [0.4, 0.5) is 0 Å². The summed E-state index contributed by atoms with van der Waals surface area (Å²) in [6.07, 6.45) is 5.00. The third kappa shape index (κ3) is 16.4. The molecular formula is C17H28KNO3-2. The molecule has 0 aromatic carbocycles. The number of hydrogen-bond acceptors (Lipinski definition) is 4. The van der Waals surface area contributed by atoms with Gasteiger partial charge in [-0.15, -0.1) is 0 Å². The summed E-state index contributed by atoms with van der Waals surface area (Å²) in [6.45, 7) is 19.9. The first kappa shape index (κ1) is 26.9. The predicted octanol–water partition coefficient (Wildman–Crippen LogP) is 1.06. The van der Waals surface area contributed by atoms with Crippen molar-refractivity contribution < 1.29 is 65.7 Å². The minimum absolute atomic E-state index is 0. The van der Waals surface area contributed by atoms with Crippen molar-refractivity contribution in [3.05, 3.63) is 38.5 Å². The molecule has 0 aliphatic carbocycles. The summed E-state index contributed by atoms with van der Waals surface area (Å²) in [7, 11) is 1.64. The van der Waals surface area contributed by atoms with E-state index in [1.165, 1.54) is 12.7 Å². The van der Waals surface area contributed by atoms with E-state index in [9.17, 15) is 4.79 Å². The average Bonchev–Trinajstić information content (AvgIpc) is 2.39. The van der Waals surface area contributed by atoms with E-state index in [1.54, 1.807) is 27.9 Å². The zero-order valence-corrected chi connectivity index (χ0v) is 18.1. The Bertz CT molecular complexity index is 353. The molecule has 0 amide bonds. The molecule has 0 radical (unpaired) electrons. The topological polar surface area (TPSA) is 47.9 Å². The Morgan fingerprint density at radius 3 is 2.09 bits per heavy atom. The van der Waals surface area contributed by atoms with Crippen LogP contribution in [0.1, 0.15) is 40.5 Å². The standard InChI is InChI=1S/C12H19NO.C5H9O2.K/c1-6-11(7-2)12(13-8-3)9-10(4)14-5;1-5(2,3)7-4-6;/h8-9,11H,1-3,6-7H2,4-5H3;1-3H3;/q-2;-1;+1/b10-9+,13-12?;;. The largest absolute Gasteiger partial charge is 1.00 e. The van der Waals surface area contributed by atoms with Crippen molar-refractivity contribution in [1.29, 1.82) is 0 Å². The van der Waals surface area contributed by atoms with Crippen molar-refractivity contribution in [1.82, 2.24) is 0 Å². The van der Waals surface area contributed by atoms with Crippen LogP contribution in [0.2, 0.25) is 0 Å². The predicted molar refractivity (Wildman–Crippen MR) is 88.4 cm³/mol. The summed E-state index contributed by atoms with van der Waals surface area (Å²) in [6, 6.07) is 0. The summed E-state index contributed by atoms with van der Waals surface area (Å²) in [5.41, 5.74) is 0.561. The molecule has 0 aliphatic rings. The van der Waals surface area contributed by atoms with E-state index in [-0.39, 0.29) is 62.9 Å². The van der Waals surface area contributed by atoms with Gasteiger partial charge in [-0.05, 0) is 33.8 Å². The van der Waals surface area contributed by atoms with Gasteiger partial charge in [0.1, 0.15) is 0 Å². The summed E-state index contributed by atoms with van der Waals surface area (Å²) in [4.78, 5) is 13.7. The van der Waals surface area contributed by atoms with Gasteiger partial charge in [0.05, 0.1) is 18.5 Å². The first-order valence-electron chi connectivity index (χ1n) is 6.80. The molecule has 5 heteroatoms. The number of methoxy groups -OCH3 is 1. The van der Waals surface area contributed by atoms with Gasteiger partial charge in [0.15, 0.2) is 0 Å². The molecule has 0 aliphatic heterocycles. The van der Waals surface area contributed by atoms with Gasteiger partial charge in [0, 0.05) is 11.9 Å². The van der Waals surface area contributed by atoms with Crippen LogP contribution in [-0.4, -0.2) is 24.9 Å². The van der Waals surface area contributed by atoms with E-state index in [1.807, 2.05) is 13.0 Å². The Hall–Kier alpha value is 0.0564. The maximum absolute atomic E-state index is 9.47. The van der Waals surface area contributed by atoms with Crippen molar-refractivity contribution in [3.63, 3.8) is 0 Å². The fourth-order valence-corrected chi connectivity index (χ4v) is 1.20. The second-order valence-electron chi connectivity index (χ2n) is 5.27. The summed E-state index contributed by atoms with van der Waals surface area (Å²) < 4.78 is 9.49. The fraction of sp³-hybridized carbons (Fsp3) is 0.529. The number of rotatable bonds is 7. The van der Waals surface area contributed by atoms with Gasteiger partial charge in [0.2, 0.25) is 0 Å². The fourth-order valence-electron chi connectivity index (χ4n) is 1.20. The molecule has 0 heterocycles. The van der Waals surface area contributed by atoms with E-state index in [2.05, 4.69) is 30.2 Å². The van der Waals surface area contributed by atoms with Crippen molar-refractivity contribution in [2.45, 2.75) is 46.1 Å². The van der Waals surface area contributed by atoms with Crippen LogP contribution >= 0.6 is 0 Å². The summed E-state index contributed by atoms with van der Waals surface area (Å²) in [5.74, 6) is 1.11. The number of aliphatic imine (C=N–C) groups is 1. The van der Waals surface area contributed by atoms with E-state index in [0.717, 1.165) is 24.3 Å². The number of hydrogen-bond donors (Lipinski definition) is 0. The first-order chi connectivity index (χ1) is 9.75. The van der Waals surface area contributed by atoms with Gasteiger partial charge in [0.25, 0.3) is 0 Å². The molecule has 0 spiro atoms. The van der Waals surface area contributed by atoms with Gasteiger partial charge >= 0.3 is 51.4 Å². The van der Waals surface area contributed by atoms with Crippen LogP contribution in [0.25, 0.3) is 0 Å². The Morgan fingerprint density at radius 1 is 1.36 bits per heavy atom. The maximum atomic E-state index is 9.47. The van der Waals surface area contributed by atoms with Gasteiger partial charge in [-0.2, -0.15) is 12.8 Å². The Labute approximate surface area is 178 Å². The number of ether oxygens (including phenoxy) is 2. The molecule has 0 unspecified atom stereocenters. The second kappa shape index (κ2) is 15.9. The average molecular weight is 334 g/mol. The number of carbonyl (C=O) groups excluding carboxylic acids is 1. The quantitative estimate of drug-likeness (QED) is 0.303. The van der Waals surface area contributed by atoms with E-state index < -0.39 is 0 Å². The van der Waals surface area contributed by atoms with E-state index >= 15 is 0 Å². The Balaban J connectivity index is -0.000000385. The third-order valence-electron chi connectivity index (χ3n) is 2.38.